The zero-order chi connectivity index (χ0) is 24.3. The molecule has 0 aliphatic heterocycles. The third-order valence-electron chi connectivity index (χ3n) is 4.64. The van der Waals surface area contributed by atoms with Crippen LogP contribution in [0.5, 0.6) is 0 Å². The van der Waals surface area contributed by atoms with Gasteiger partial charge in [-0.3, -0.25) is 24.0 Å². The van der Waals surface area contributed by atoms with Gasteiger partial charge in [-0.2, -0.15) is 0 Å². The molecule has 0 aromatic carbocycles. The minimum Gasteiger partial charge on any atom is -0.480 e. The van der Waals surface area contributed by atoms with Crippen LogP contribution >= 0.6 is 0 Å². The third kappa shape index (κ3) is 10.4. The van der Waals surface area contributed by atoms with E-state index >= 15 is 0 Å². The molecule has 0 bridgehead atoms. The van der Waals surface area contributed by atoms with Gasteiger partial charge < -0.3 is 38.3 Å². The number of primary amides is 2. The van der Waals surface area contributed by atoms with E-state index < -0.39 is 66.1 Å². The quantitative estimate of drug-likeness (QED) is 0.146. The highest BCUT2D eigenvalue weighted by molar-refractivity contribution is 5.95. The van der Waals surface area contributed by atoms with Gasteiger partial charge in [0.25, 0.3) is 0 Å². The molecular weight excluding hydrogens is 412 g/mol. The fraction of sp³-hybridized carbons (Fsp3) is 0.667. The van der Waals surface area contributed by atoms with Crippen molar-refractivity contribution in [1.29, 1.82) is 0 Å². The SMILES string of the molecule is CCC(C)C(N)C(=O)NC(C)C(=O)NC(CCC(N)=O)C(=O)NC(CC(N)=O)C(=O)O. The van der Waals surface area contributed by atoms with Crippen LogP contribution in [0.4, 0.5) is 0 Å². The fourth-order valence-electron chi connectivity index (χ4n) is 2.41. The molecule has 10 N–H and O–H groups in total. The minimum atomic E-state index is -1.62. The second-order valence-corrected chi connectivity index (χ2v) is 7.28. The Morgan fingerprint density at radius 1 is 0.839 bits per heavy atom. The second-order valence-electron chi connectivity index (χ2n) is 7.28. The first-order chi connectivity index (χ1) is 14.3. The summed E-state index contributed by atoms with van der Waals surface area (Å²) in [4.78, 5) is 70.4. The maximum Gasteiger partial charge on any atom is 0.326 e. The van der Waals surface area contributed by atoms with Gasteiger partial charge in [0.1, 0.15) is 18.1 Å². The van der Waals surface area contributed by atoms with Crippen LogP contribution in [0.25, 0.3) is 0 Å². The number of carbonyl (C=O) groups excluding carboxylic acids is 5. The number of nitrogens with one attached hydrogen (secondary N) is 3. The van der Waals surface area contributed by atoms with Gasteiger partial charge in [-0.05, 0) is 19.3 Å². The van der Waals surface area contributed by atoms with Crippen molar-refractivity contribution in [1.82, 2.24) is 16.0 Å². The van der Waals surface area contributed by atoms with E-state index in [0.29, 0.717) is 6.42 Å². The topological polar surface area (TPSA) is 237 Å². The Bertz CT molecular complexity index is 699. The molecule has 0 radical (unpaired) electrons. The lowest BCUT2D eigenvalue weighted by Gasteiger charge is -2.24. The van der Waals surface area contributed by atoms with Crippen LogP contribution in [0.3, 0.4) is 0 Å². The van der Waals surface area contributed by atoms with Gasteiger partial charge in [0, 0.05) is 6.42 Å². The molecule has 5 amide bonds. The Hall–Kier alpha value is -3.22. The van der Waals surface area contributed by atoms with Gasteiger partial charge in [0.15, 0.2) is 0 Å². The van der Waals surface area contributed by atoms with Crippen LogP contribution in [0.15, 0.2) is 0 Å². The number of carboxylic acid groups (broad SMARTS) is 1. The molecule has 13 nitrogen and oxygen atoms in total. The van der Waals surface area contributed by atoms with Crippen LogP contribution in [0.2, 0.25) is 0 Å². The van der Waals surface area contributed by atoms with Gasteiger partial charge in [-0.1, -0.05) is 20.3 Å². The number of nitrogens with two attached hydrogens (primary N) is 3. The first-order valence-corrected chi connectivity index (χ1v) is 9.76. The number of hydrogen-bond acceptors (Lipinski definition) is 7. The summed E-state index contributed by atoms with van der Waals surface area (Å²) in [5.74, 6) is -5.62. The Morgan fingerprint density at radius 3 is 1.84 bits per heavy atom. The summed E-state index contributed by atoms with van der Waals surface area (Å²) < 4.78 is 0. The zero-order valence-corrected chi connectivity index (χ0v) is 17.8. The largest absolute Gasteiger partial charge is 0.480 e. The van der Waals surface area contributed by atoms with Crippen LogP contribution < -0.4 is 33.2 Å². The molecule has 0 aromatic rings. The maximum absolute atomic E-state index is 12.5. The maximum atomic E-state index is 12.5. The zero-order valence-electron chi connectivity index (χ0n) is 17.8. The van der Waals surface area contributed by atoms with E-state index in [0.717, 1.165) is 0 Å². The molecule has 0 aliphatic carbocycles. The van der Waals surface area contributed by atoms with E-state index in [4.69, 9.17) is 22.3 Å². The van der Waals surface area contributed by atoms with E-state index in [1.54, 1.807) is 6.92 Å². The van der Waals surface area contributed by atoms with Crippen molar-refractivity contribution < 1.29 is 33.9 Å². The lowest BCUT2D eigenvalue weighted by Crippen LogP contribution is -2.57. The van der Waals surface area contributed by atoms with Crippen molar-refractivity contribution in [2.45, 2.75) is 70.6 Å². The summed E-state index contributed by atoms with van der Waals surface area (Å²) in [6.07, 6.45) is -0.535. The summed E-state index contributed by atoms with van der Waals surface area (Å²) in [5, 5.41) is 16.0. The summed E-state index contributed by atoms with van der Waals surface area (Å²) in [6, 6.07) is -4.88. The Kier molecular flexibility index (Phi) is 11.8. The molecule has 0 aromatic heterocycles. The number of aliphatic carboxylic acids is 1. The predicted molar refractivity (Wildman–Crippen MR) is 109 cm³/mol. The molecule has 5 atom stereocenters. The van der Waals surface area contributed by atoms with E-state index in [2.05, 4.69) is 16.0 Å². The number of rotatable bonds is 14. The third-order valence-corrected chi connectivity index (χ3v) is 4.64. The predicted octanol–water partition coefficient (Wildman–Crippen LogP) is -2.94. The molecule has 0 heterocycles. The Labute approximate surface area is 179 Å². The number of carboxylic acids is 1. The number of amides is 5. The highest BCUT2D eigenvalue weighted by Gasteiger charge is 2.30. The molecule has 0 spiro atoms. The molecule has 31 heavy (non-hydrogen) atoms. The van der Waals surface area contributed by atoms with E-state index in [1.807, 2.05) is 6.92 Å². The van der Waals surface area contributed by atoms with E-state index in [9.17, 15) is 28.8 Å². The molecule has 0 aliphatic rings. The van der Waals surface area contributed by atoms with Crippen molar-refractivity contribution in [3.63, 3.8) is 0 Å². The van der Waals surface area contributed by atoms with Crippen molar-refractivity contribution in [2.75, 3.05) is 0 Å². The minimum absolute atomic E-state index is 0.123. The molecule has 0 rings (SSSR count). The summed E-state index contributed by atoms with van der Waals surface area (Å²) in [5.41, 5.74) is 15.9. The fourth-order valence-corrected chi connectivity index (χ4v) is 2.41. The Balaban J connectivity index is 5.23. The molecule has 13 heteroatoms. The first-order valence-electron chi connectivity index (χ1n) is 9.76. The van der Waals surface area contributed by atoms with E-state index in [1.165, 1.54) is 6.92 Å². The average molecular weight is 444 g/mol. The standard InChI is InChI=1S/C18H32N6O7/c1-4-8(2)14(21)17(29)22-9(3)15(27)23-10(5-6-12(19)25)16(28)24-11(18(30)31)7-13(20)26/h8-11,14H,4-7,21H2,1-3H3,(H2,19,25)(H2,20,26)(H,22,29)(H,23,27)(H,24,28)(H,30,31). The highest BCUT2D eigenvalue weighted by atomic mass is 16.4. The van der Waals surface area contributed by atoms with Crippen LogP contribution in [0, 0.1) is 5.92 Å². The summed E-state index contributed by atoms with van der Waals surface area (Å²) >= 11 is 0. The molecule has 0 fully saturated rings. The molecule has 5 unspecified atom stereocenters. The average Bonchev–Trinajstić information content (AvgIpc) is 2.68. The van der Waals surface area contributed by atoms with Crippen molar-refractivity contribution in [3.05, 3.63) is 0 Å². The first kappa shape index (κ1) is 27.8. The number of carbonyl (C=O) groups is 6. The molecular formula is C18H32N6O7. The molecule has 0 saturated carbocycles. The van der Waals surface area contributed by atoms with Gasteiger partial charge in [-0.25, -0.2) is 4.79 Å². The van der Waals surface area contributed by atoms with Gasteiger partial charge in [0.05, 0.1) is 12.5 Å². The van der Waals surface area contributed by atoms with E-state index in [-0.39, 0.29) is 18.8 Å². The van der Waals surface area contributed by atoms with Crippen LogP contribution in [-0.2, 0) is 28.8 Å². The summed E-state index contributed by atoms with van der Waals surface area (Å²) in [6.45, 7) is 5.01. The lowest BCUT2D eigenvalue weighted by molar-refractivity contribution is -0.144. The van der Waals surface area contributed by atoms with Crippen molar-refractivity contribution in [2.24, 2.45) is 23.1 Å². The molecule has 176 valence electrons. The van der Waals surface area contributed by atoms with Gasteiger partial charge >= 0.3 is 5.97 Å². The van der Waals surface area contributed by atoms with Crippen molar-refractivity contribution >= 4 is 35.5 Å². The Morgan fingerprint density at radius 2 is 1.39 bits per heavy atom. The van der Waals surface area contributed by atoms with Gasteiger partial charge in [-0.15, -0.1) is 0 Å². The van der Waals surface area contributed by atoms with Crippen molar-refractivity contribution in [3.8, 4) is 0 Å². The summed E-state index contributed by atoms with van der Waals surface area (Å²) in [7, 11) is 0. The second kappa shape index (κ2) is 13.2. The lowest BCUT2D eigenvalue weighted by atomic mass is 9.99. The van der Waals surface area contributed by atoms with Crippen LogP contribution in [0.1, 0.15) is 46.5 Å². The molecule has 0 saturated heterocycles. The number of hydrogen-bond donors (Lipinski definition) is 7. The highest BCUT2D eigenvalue weighted by Crippen LogP contribution is 2.06. The van der Waals surface area contributed by atoms with Crippen LogP contribution in [-0.4, -0.2) is 64.8 Å². The monoisotopic (exact) mass is 444 g/mol. The smallest absolute Gasteiger partial charge is 0.326 e. The normalized spacial score (nSPS) is 15.5. The van der Waals surface area contributed by atoms with Gasteiger partial charge in [0.2, 0.25) is 29.5 Å².